The highest BCUT2D eigenvalue weighted by Gasteiger charge is 2.34. The standard InChI is InChI=1S/C45H56N4O6/c1-6-48-19-21-49(22-20-48)28-34(50)29-53-44-42(52-5)26-33-16-18-47(3)39-24-31-9-14-40(51-4)41(25-31)54-35-11-7-30(8-12-35)23-38-37-27-36(55-45(44)43(33)39)13-10-32(37)15-17-46(38)2/h7-14,25-27,34,38-39,50H,6,15-24,28-29H2,1-5H3/t34?,38-,39-/m0/s1. The predicted molar refractivity (Wildman–Crippen MR) is 215 cm³/mol. The Morgan fingerprint density at radius 3 is 2.13 bits per heavy atom. The molecular formula is C45H56N4O6. The lowest BCUT2D eigenvalue weighted by Gasteiger charge is -2.37. The van der Waals surface area contributed by atoms with Crippen LogP contribution < -0.4 is 23.7 Å². The summed E-state index contributed by atoms with van der Waals surface area (Å²) in [6.45, 7) is 9.70. The number of benzene rings is 4. The number of methoxy groups -OCH3 is 2. The molecule has 55 heavy (non-hydrogen) atoms. The van der Waals surface area contributed by atoms with Crippen LogP contribution in [0.25, 0.3) is 0 Å². The molecule has 1 unspecified atom stereocenters. The predicted octanol–water partition coefficient (Wildman–Crippen LogP) is 6.52. The average molecular weight is 749 g/mol. The van der Waals surface area contributed by atoms with E-state index in [1.165, 1.54) is 22.3 Å². The molecule has 292 valence electrons. The summed E-state index contributed by atoms with van der Waals surface area (Å²) < 4.78 is 32.2. The molecule has 9 rings (SSSR count). The fraction of sp³-hybridized carbons (Fsp3) is 0.467. The topological polar surface area (TPSA) is 79.3 Å². The molecule has 4 aromatic carbocycles. The Morgan fingerprint density at radius 1 is 0.709 bits per heavy atom. The van der Waals surface area contributed by atoms with Crippen LogP contribution in [0.3, 0.4) is 0 Å². The normalized spacial score (nSPS) is 21.1. The highest BCUT2D eigenvalue weighted by molar-refractivity contribution is 5.63. The van der Waals surface area contributed by atoms with Crippen molar-refractivity contribution >= 4 is 0 Å². The molecule has 0 aliphatic carbocycles. The number of aliphatic hydroxyl groups excluding tert-OH is 1. The first-order chi connectivity index (χ1) is 26.8. The molecule has 0 spiro atoms. The number of piperazine rings is 1. The largest absolute Gasteiger partial charge is 0.493 e. The van der Waals surface area contributed by atoms with Crippen molar-refractivity contribution in [2.45, 2.75) is 50.8 Å². The van der Waals surface area contributed by atoms with Crippen LogP contribution in [-0.2, 0) is 25.7 Å². The van der Waals surface area contributed by atoms with Gasteiger partial charge >= 0.3 is 0 Å². The molecule has 1 saturated heterocycles. The summed E-state index contributed by atoms with van der Waals surface area (Å²) in [7, 11) is 7.75. The summed E-state index contributed by atoms with van der Waals surface area (Å²) in [6.07, 6.45) is 2.70. The number of aliphatic hydroxyl groups is 1. The van der Waals surface area contributed by atoms with Crippen LogP contribution in [0, 0.1) is 0 Å². The van der Waals surface area contributed by atoms with E-state index < -0.39 is 6.10 Å². The molecule has 0 radical (unpaired) electrons. The van der Waals surface area contributed by atoms with Gasteiger partial charge in [-0.25, -0.2) is 0 Å². The maximum Gasteiger partial charge on any atom is 0.204 e. The number of hydrogen-bond donors (Lipinski definition) is 1. The second-order valence-electron chi connectivity index (χ2n) is 15.6. The van der Waals surface area contributed by atoms with Gasteiger partial charge in [-0.05, 0) is 117 Å². The molecule has 6 bridgehead atoms. The van der Waals surface area contributed by atoms with E-state index in [0.717, 1.165) is 87.7 Å². The number of ether oxygens (including phenoxy) is 5. The molecule has 3 atom stereocenters. The zero-order chi connectivity index (χ0) is 38.1. The zero-order valence-electron chi connectivity index (χ0n) is 33.1. The molecule has 0 saturated carbocycles. The highest BCUT2D eigenvalue weighted by atomic mass is 16.5. The van der Waals surface area contributed by atoms with E-state index in [1.54, 1.807) is 14.2 Å². The lowest BCUT2D eigenvalue weighted by molar-refractivity contribution is 0.0458. The summed E-state index contributed by atoms with van der Waals surface area (Å²) in [5, 5.41) is 11.3. The van der Waals surface area contributed by atoms with Gasteiger partial charge in [0.1, 0.15) is 24.2 Å². The van der Waals surface area contributed by atoms with Crippen LogP contribution in [0.4, 0.5) is 0 Å². The van der Waals surface area contributed by atoms with Crippen LogP contribution in [0.2, 0.25) is 0 Å². The van der Waals surface area contributed by atoms with Crippen molar-refractivity contribution < 1.29 is 28.8 Å². The van der Waals surface area contributed by atoms with Crippen molar-refractivity contribution in [3.05, 3.63) is 100 Å². The van der Waals surface area contributed by atoms with Gasteiger partial charge in [0.05, 0.1) is 14.2 Å². The van der Waals surface area contributed by atoms with Crippen molar-refractivity contribution in [3.8, 4) is 40.2 Å². The van der Waals surface area contributed by atoms with Gasteiger partial charge in [-0.3, -0.25) is 14.7 Å². The number of nitrogens with zero attached hydrogens (tertiary/aromatic N) is 4. The quantitative estimate of drug-likeness (QED) is 0.215. The van der Waals surface area contributed by atoms with E-state index in [1.807, 2.05) is 6.07 Å². The fourth-order valence-corrected chi connectivity index (χ4v) is 8.84. The van der Waals surface area contributed by atoms with E-state index in [2.05, 4.69) is 101 Å². The SMILES string of the molecule is CCN1CCN(CC(O)COc2c(OC)cc3c4c2Oc2ccc5c(c2)[C@H](Cc2ccc(cc2)Oc2cc(ccc2OC)C[C@@H]4N(C)CC3)N(C)CC5)CC1. The van der Waals surface area contributed by atoms with Crippen molar-refractivity contribution in [1.29, 1.82) is 0 Å². The Kier molecular flexibility index (Phi) is 11.2. The first kappa shape index (κ1) is 37.6. The minimum Gasteiger partial charge on any atom is -0.493 e. The first-order valence-corrected chi connectivity index (χ1v) is 19.9. The molecular weight excluding hydrogens is 693 g/mol. The molecule has 5 aliphatic heterocycles. The Morgan fingerprint density at radius 2 is 1.38 bits per heavy atom. The summed E-state index contributed by atoms with van der Waals surface area (Å²) in [5.41, 5.74) is 7.22. The van der Waals surface area contributed by atoms with Gasteiger partial charge in [0.15, 0.2) is 23.0 Å². The first-order valence-electron chi connectivity index (χ1n) is 19.9. The number of β-amino-alcohol motifs (C(OH)–C–C–N with tert-alkyl or cyclic N) is 1. The summed E-state index contributed by atoms with van der Waals surface area (Å²) in [6, 6.07) is 23.5. The van der Waals surface area contributed by atoms with E-state index in [-0.39, 0.29) is 18.7 Å². The summed E-state index contributed by atoms with van der Waals surface area (Å²) >= 11 is 0. The lowest BCUT2D eigenvalue weighted by atomic mass is 9.87. The Hall–Kier alpha value is -4.32. The Bertz CT molecular complexity index is 1960. The number of fused-ring (bicyclic) bond motifs is 2. The van der Waals surface area contributed by atoms with Gasteiger partial charge in [-0.15, -0.1) is 0 Å². The maximum absolute atomic E-state index is 11.3. The van der Waals surface area contributed by atoms with Crippen molar-refractivity contribution in [1.82, 2.24) is 19.6 Å². The zero-order valence-corrected chi connectivity index (χ0v) is 33.1. The van der Waals surface area contributed by atoms with Crippen LogP contribution in [0.15, 0.2) is 66.7 Å². The molecule has 5 heterocycles. The molecule has 1 fully saturated rings. The van der Waals surface area contributed by atoms with Crippen LogP contribution in [0.1, 0.15) is 52.4 Å². The molecule has 5 aliphatic rings. The monoisotopic (exact) mass is 748 g/mol. The van der Waals surface area contributed by atoms with E-state index in [9.17, 15) is 5.11 Å². The molecule has 10 nitrogen and oxygen atoms in total. The third-order valence-corrected chi connectivity index (χ3v) is 12.1. The second-order valence-corrected chi connectivity index (χ2v) is 15.6. The number of likely N-dealkylation sites (N-methyl/N-ethyl adjacent to an activating group) is 3. The molecule has 0 aromatic heterocycles. The average Bonchev–Trinajstić information content (AvgIpc) is 3.20. The fourth-order valence-electron chi connectivity index (χ4n) is 8.84. The second kappa shape index (κ2) is 16.4. The third kappa shape index (κ3) is 8.02. The van der Waals surface area contributed by atoms with E-state index in [4.69, 9.17) is 23.7 Å². The number of rotatable bonds is 8. The van der Waals surface area contributed by atoms with Crippen LogP contribution >= 0.6 is 0 Å². The lowest BCUT2D eigenvalue weighted by Crippen LogP contribution is -2.49. The van der Waals surface area contributed by atoms with Gasteiger partial charge in [0.25, 0.3) is 0 Å². The molecule has 10 heteroatoms. The summed E-state index contributed by atoms with van der Waals surface area (Å²) in [4.78, 5) is 9.62. The van der Waals surface area contributed by atoms with Crippen molar-refractivity contribution in [2.75, 3.05) is 87.3 Å². The molecule has 1 N–H and O–H groups in total. The maximum atomic E-state index is 11.3. The minimum absolute atomic E-state index is 0.0392. The Labute approximate surface area is 326 Å². The van der Waals surface area contributed by atoms with E-state index >= 15 is 0 Å². The van der Waals surface area contributed by atoms with Gasteiger partial charge < -0.3 is 33.7 Å². The number of hydrogen-bond acceptors (Lipinski definition) is 10. The highest BCUT2D eigenvalue weighted by Crippen LogP contribution is 2.51. The van der Waals surface area contributed by atoms with Crippen molar-refractivity contribution in [2.24, 2.45) is 0 Å². The van der Waals surface area contributed by atoms with Crippen LogP contribution in [0.5, 0.6) is 40.2 Å². The van der Waals surface area contributed by atoms with Gasteiger partial charge in [0, 0.05) is 63.5 Å². The Balaban J connectivity index is 1.22. The van der Waals surface area contributed by atoms with Crippen LogP contribution in [-0.4, -0.2) is 118 Å². The third-order valence-electron chi connectivity index (χ3n) is 12.1. The smallest absolute Gasteiger partial charge is 0.204 e. The van der Waals surface area contributed by atoms with Crippen molar-refractivity contribution in [3.63, 3.8) is 0 Å². The van der Waals surface area contributed by atoms with Gasteiger partial charge in [-0.2, -0.15) is 0 Å². The molecule has 0 amide bonds. The minimum atomic E-state index is -0.676. The molecule has 4 aromatic rings. The van der Waals surface area contributed by atoms with E-state index in [0.29, 0.717) is 41.7 Å². The summed E-state index contributed by atoms with van der Waals surface area (Å²) in [5.74, 6) is 4.69. The van der Waals surface area contributed by atoms with Gasteiger partial charge in [0.2, 0.25) is 5.75 Å². The van der Waals surface area contributed by atoms with Gasteiger partial charge in [-0.1, -0.05) is 31.2 Å².